The molecule has 5 heteroatoms. The van der Waals surface area contributed by atoms with E-state index in [0.29, 0.717) is 16.7 Å². The predicted octanol–water partition coefficient (Wildman–Crippen LogP) is 5.59. The zero-order valence-corrected chi connectivity index (χ0v) is 17.3. The van der Waals surface area contributed by atoms with E-state index in [1.165, 1.54) is 6.08 Å². The van der Waals surface area contributed by atoms with Crippen LogP contribution in [-0.4, -0.2) is 18.9 Å². The molecule has 152 valence electrons. The van der Waals surface area contributed by atoms with Crippen molar-refractivity contribution in [3.63, 3.8) is 0 Å². The molecular formula is C25H23NO4. The minimum Gasteiger partial charge on any atom is -0.457 e. The Balaban J connectivity index is 1.63. The van der Waals surface area contributed by atoms with Gasteiger partial charge in [0.1, 0.15) is 22.5 Å². The summed E-state index contributed by atoms with van der Waals surface area (Å²) >= 11 is 0. The second-order valence-electron chi connectivity index (χ2n) is 7.23. The number of benzene rings is 2. The van der Waals surface area contributed by atoms with Crippen LogP contribution in [0.25, 0.3) is 28.0 Å². The predicted molar refractivity (Wildman–Crippen MR) is 120 cm³/mol. The number of allylic oxidation sites excluding steroid dienone is 1. The Hall–Kier alpha value is -3.60. The first kappa shape index (κ1) is 19.7. The van der Waals surface area contributed by atoms with Gasteiger partial charge in [-0.1, -0.05) is 12.1 Å². The van der Waals surface area contributed by atoms with Crippen LogP contribution in [0.2, 0.25) is 0 Å². The number of aryl methyl sites for hydroxylation is 1. The first-order valence-corrected chi connectivity index (χ1v) is 10.0. The highest BCUT2D eigenvalue weighted by molar-refractivity contribution is 6.07. The molecule has 5 nitrogen and oxygen atoms in total. The lowest BCUT2D eigenvalue weighted by Gasteiger charge is -2.20. The van der Waals surface area contributed by atoms with E-state index in [1.54, 1.807) is 12.1 Å². The molecule has 0 unspecified atom stereocenters. The van der Waals surface area contributed by atoms with E-state index < -0.39 is 11.4 Å². The van der Waals surface area contributed by atoms with Gasteiger partial charge in [0, 0.05) is 35.6 Å². The highest BCUT2D eigenvalue weighted by Crippen LogP contribution is 2.23. The number of anilines is 1. The first-order chi connectivity index (χ1) is 14.5. The Morgan fingerprint density at radius 3 is 2.40 bits per heavy atom. The fraction of sp³-hybridized carbons (Fsp3) is 0.200. The van der Waals surface area contributed by atoms with Crippen LogP contribution in [0, 0.1) is 6.92 Å². The van der Waals surface area contributed by atoms with Crippen LogP contribution in [0.15, 0.2) is 68.2 Å². The summed E-state index contributed by atoms with van der Waals surface area (Å²) in [5.74, 6) is 0.132. The zero-order valence-electron chi connectivity index (χ0n) is 17.3. The molecule has 0 fully saturated rings. The van der Waals surface area contributed by atoms with Crippen molar-refractivity contribution in [1.29, 1.82) is 0 Å². The Labute approximate surface area is 174 Å². The van der Waals surface area contributed by atoms with Crippen molar-refractivity contribution in [2.45, 2.75) is 20.8 Å². The van der Waals surface area contributed by atoms with Crippen molar-refractivity contribution in [2.24, 2.45) is 0 Å². The van der Waals surface area contributed by atoms with Crippen LogP contribution >= 0.6 is 0 Å². The summed E-state index contributed by atoms with van der Waals surface area (Å²) in [5, 5.41) is 1.67. The SMILES string of the molecule is CCN(CC)c1ccc2cc(C(=O)/C=C/c3cc4ccc(C)cc4o3)c(=O)oc2c1. The third-order valence-electron chi connectivity index (χ3n) is 5.21. The summed E-state index contributed by atoms with van der Waals surface area (Å²) in [4.78, 5) is 27.2. The Morgan fingerprint density at radius 2 is 1.63 bits per heavy atom. The number of furan rings is 1. The second-order valence-corrected chi connectivity index (χ2v) is 7.23. The number of hydrogen-bond donors (Lipinski definition) is 0. The molecule has 0 radical (unpaired) electrons. The summed E-state index contributed by atoms with van der Waals surface area (Å²) in [6.07, 6.45) is 2.91. The Kier molecular flexibility index (Phi) is 5.27. The maximum atomic E-state index is 12.6. The van der Waals surface area contributed by atoms with Gasteiger partial charge in [0.2, 0.25) is 0 Å². The van der Waals surface area contributed by atoms with Crippen LogP contribution in [0.1, 0.15) is 35.5 Å². The lowest BCUT2D eigenvalue weighted by Crippen LogP contribution is -2.21. The van der Waals surface area contributed by atoms with E-state index in [1.807, 2.05) is 49.4 Å². The van der Waals surface area contributed by atoms with Crippen molar-refractivity contribution < 1.29 is 13.6 Å². The maximum absolute atomic E-state index is 12.6. The topological polar surface area (TPSA) is 63.7 Å². The van der Waals surface area contributed by atoms with Crippen LogP contribution in [0.4, 0.5) is 5.69 Å². The number of rotatable bonds is 6. The number of ketones is 1. The van der Waals surface area contributed by atoms with Crippen LogP contribution in [0.3, 0.4) is 0 Å². The third-order valence-corrected chi connectivity index (χ3v) is 5.21. The normalized spacial score (nSPS) is 11.6. The van der Waals surface area contributed by atoms with Gasteiger partial charge in [-0.25, -0.2) is 4.79 Å². The lowest BCUT2D eigenvalue weighted by atomic mass is 10.1. The van der Waals surface area contributed by atoms with Gasteiger partial charge in [-0.2, -0.15) is 0 Å². The van der Waals surface area contributed by atoms with E-state index in [2.05, 4.69) is 18.7 Å². The van der Waals surface area contributed by atoms with Crippen molar-refractivity contribution in [3.8, 4) is 0 Å². The minimum absolute atomic E-state index is 0.00120. The molecule has 2 aromatic carbocycles. The van der Waals surface area contributed by atoms with Gasteiger partial charge >= 0.3 is 5.63 Å². The molecule has 0 N–H and O–H groups in total. The molecule has 0 aliphatic carbocycles. The molecule has 4 aromatic rings. The maximum Gasteiger partial charge on any atom is 0.347 e. The average Bonchev–Trinajstić information content (AvgIpc) is 3.14. The molecule has 0 amide bonds. The molecule has 0 aliphatic rings. The number of carbonyl (C=O) groups excluding carboxylic acids is 1. The fourth-order valence-corrected chi connectivity index (χ4v) is 3.55. The first-order valence-electron chi connectivity index (χ1n) is 10.0. The highest BCUT2D eigenvalue weighted by Gasteiger charge is 2.13. The van der Waals surface area contributed by atoms with Crippen LogP contribution in [-0.2, 0) is 0 Å². The van der Waals surface area contributed by atoms with Gasteiger partial charge in [-0.3, -0.25) is 4.79 Å². The van der Waals surface area contributed by atoms with E-state index >= 15 is 0 Å². The summed E-state index contributed by atoms with van der Waals surface area (Å²) < 4.78 is 11.2. The summed E-state index contributed by atoms with van der Waals surface area (Å²) in [5.41, 5.74) is 2.67. The van der Waals surface area contributed by atoms with Gasteiger partial charge < -0.3 is 13.7 Å². The molecule has 0 spiro atoms. The van der Waals surface area contributed by atoms with E-state index in [4.69, 9.17) is 8.83 Å². The van der Waals surface area contributed by atoms with Gasteiger partial charge in [-0.05, 0) is 68.8 Å². The molecule has 30 heavy (non-hydrogen) atoms. The largest absolute Gasteiger partial charge is 0.457 e. The molecule has 0 atom stereocenters. The zero-order chi connectivity index (χ0) is 21.3. The Morgan fingerprint density at radius 1 is 0.933 bits per heavy atom. The van der Waals surface area contributed by atoms with Crippen LogP contribution in [0.5, 0.6) is 0 Å². The highest BCUT2D eigenvalue weighted by atomic mass is 16.4. The molecule has 2 heterocycles. The van der Waals surface area contributed by atoms with Gasteiger partial charge in [0.25, 0.3) is 0 Å². The monoisotopic (exact) mass is 401 g/mol. The molecule has 0 saturated carbocycles. The van der Waals surface area contributed by atoms with Crippen molar-refractivity contribution in [2.75, 3.05) is 18.0 Å². The summed E-state index contributed by atoms with van der Waals surface area (Å²) in [6, 6.07) is 15.0. The van der Waals surface area contributed by atoms with E-state index in [0.717, 1.165) is 35.3 Å². The quantitative estimate of drug-likeness (QED) is 0.239. The van der Waals surface area contributed by atoms with Crippen LogP contribution < -0.4 is 10.5 Å². The average molecular weight is 401 g/mol. The fourth-order valence-electron chi connectivity index (χ4n) is 3.55. The summed E-state index contributed by atoms with van der Waals surface area (Å²) in [6.45, 7) is 7.84. The molecule has 0 saturated heterocycles. The van der Waals surface area contributed by atoms with Gasteiger partial charge in [0.05, 0.1) is 0 Å². The minimum atomic E-state index is -0.644. The second kappa shape index (κ2) is 8.03. The number of hydrogen-bond acceptors (Lipinski definition) is 5. The smallest absolute Gasteiger partial charge is 0.347 e. The standard InChI is InChI=1S/C25H23NO4/c1-4-26(5-2)19-9-8-18-14-21(25(28)30-24(18)15-19)22(27)11-10-20-13-17-7-6-16(3)12-23(17)29-20/h6-15H,4-5H2,1-3H3/b11-10+. The third kappa shape index (κ3) is 3.79. The van der Waals surface area contributed by atoms with Crippen molar-refractivity contribution >= 4 is 39.5 Å². The number of carbonyl (C=O) groups is 1. The van der Waals surface area contributed by atoms with Crippen molar-refractivity contribution in [1.82, 2.24) is 0 Å². The molecule has 0 bridgehead atoms. The molecular weight excluding hydrogens is 378 g/mol. The van der Waals surface area contributed by atoms with E-state index in [-0.39, 0.29) is 5.56 Å². The molecule has 0 aliphatic heterocycles. The lowest BCUT2D eigenvalue weighted by molar-refractivity contribution is 0.104. The van der Waals surface area contributed by atoms with Gasteiger partial charge in [0.15, 0.2) is 5.78 Å². The molecule has 2 aromatic heterocycles. The molecule has 4 rings (SSSR count). The number of fused-ring (bicyclic) bond motifs is 2. The van der Waals surface area contributed by atoms with Crippen molar-refractivity contribution in [3.05, 3.63) is 81.9 Å². The summed E-state index contributed by atoms with van der Waals surface area (Å²) in [7, 11) is 0. The Bertz CT molecular complexity index is 1320. The van der Waals surface area contributed by atoms with E-state index in [9.17, 15) is 9.59 Å². The number of nitrogens with zero attached hydrogens (tertiary/aromatic N) is 1. The van der Waals surface area contributed by atoms with Gasteiger partial charge in [-0.15, -0.1) is 0 Å².